The fourth-order valence-electron chi connectivity index (χ4n) is 3.09. The Hall–Kier alpha value is -1.20. The molecule has 2 rings (SSSR count). The van der Waals surface area contributed by atoms with Gasteiger partial charge in [-0.05, 0) is 25.2 Å². The van der Waals surface area contributed by atoms with Crippen LogP contribution in [-0.4, -0.2) is 17.1 Å². The Morgan fingerprint density at radius 1 is 1.38 bits per heavy atom. The number of hydrogen-bond donors (Lipinski definition) is 2. The van der Waals surface area contributed by atoms with E-state index < -0.39 is 0 Å². The number of nitrogen functional groups attached to an aromatic ring is 1. The van der Waals surface area contributed by atoms with Gasteiger partial charge >= 0.3 is 0 Å². The van der Waals surface area contributed by atoms with E-state index in [4.69, 9.17) is 15.6 Å². The molecule has 118 valence electrons. The van der Waals surface area contributed by atoms with Gasteiger partial charge in [0.2, 0.25) is 0 Å². The molecule has 5 heteroatoms. The quantitative estimate of drug-likeness (QED) is 0.661. The first kappa shape index (κ1) is 16.2. The van der Waals surface area contributed by atoms with Crippen LogP contribution in [0, 0.1) is 5.92 Å². The molecule has 1 fully saturated rings. The number of methoxy groups -OCH3 is 1. The zero-order valence-corrected chi connectivity index (χ0v) is 13.9. The topological polar surface area (TPSA) is 73.1 Å². The number of ether oxygens (including phenoxy) is 1. The van der Waals surface area contributed by atoms with Crippen LogP contribution in [0.4, 0.5) is 5.82 Å². The molecule has 0 amide bonds. The van der Waals surface area contributed by atoms with Crippen molar-refractivity contribution in [2.24, 2.45) is 11.8 Å². The highest BCUT2D eigenvalue weighted by Gasteiger charge is 2.40. The van der Waals surface area contributed by atoms with Gasteiger partial charge in [-0.2, -0.15) is 0 Å². The smallest absolute Gasteiger partial charge is 0.162 e. The molecule has 0 aromatic carbocycles. The minimum absolute atomic E-state index is 0.0570. The Kier molecular flexibility index (Phi) is 4.54. The molecule has 0 radical (unpaired) electrons. The van der Waals surface area contributed by atoms with E-state index in [1.165, 1.54) is 6.42 Å². The Bertz CT molecular complexity index is 498. The van der Waals surface area contributed by atoms with Gasteiger partial charge in [0.05, 0.1) is 5.69 Å². The predicted octanol–water partition coefficient (Wildman–Crippen LogP) is 3.11. The first-order valence-corrected chi connectivity index (χ1v) is 7.72. The van der Waals surface area contributed by atoms with Gasteiger partial charge in [-0.3, -0.25) is 0 Å². The summed E-state index contributed by atoms with van der Waals surface area (Å²) in [6.07, 6.45) is 4.31. The molecular weight excluding hydrogens is 264 g/mol. The molecule has 0 saturated heterocycles. The van der Waals surface area contributed by atoms with Gasteiger partial charge in [0.1, 0.15) is 11.4 Å². The monoisotopic (exact) mass is 292 g/mol. The van der Waals surface area contributed by atoms with Crippen molar-refractivity contribution < 1.29 is 4.74 Å². The summed E-state index contributed by atoms with van der Waals surface area (Å²) < 4.78 is 5.91. The predicted molar refractivity (Wildman–Crippen MR) is 84.9 cm³/mol. The van der Waals surface area contributed by atoms with Crippen LogP contribution in [0.5, 0.6) is 0 Å². The summed E-state index contributed by atoms with van der Waals surface area (Å²) in [7, 11) is 1.76. The third kappa shape index (κ3) is 3.35. The molecule has 1 saturated carbocycles. The average molecular weight is 292 g/mol. The highest BCUT2D eigenvalue weighted by Crippen LogP contribution is 2.41. The first-order valence-electron chi connectivity index (χ1n) is 7.72. The SMILES string of the molecule is COC1(c2nc(NN)cc(C(C)(C)C)n2)CCCC(C)C1. The maximum atomic E-state index is 5.91. The van der Waals surface area contributed by atoms with Crippen molar-refractivity contribution in [3.8, 4) is 0 Å². The van der Waals surface area contributed by atoms with Crippen LogP contribution in [0.15, 0.2) is 6.07 Å². The molecule has 3 N–H and O–H groups in total. The molecule has 0 bridgehead atoms. The number of nitrogens with one attached hydrogen (secondary N) is 1. The van der Waals surface area contributed by atoms with E-state index in [1.54, 1.807) is 7.11 Å². The van der Waals surface area contributed by atoms with Gasteiger partial charge in [-0.25, -0.2) is 15.8 Å². The highest BCUT2D eigenvalue weighted by molar-refractivity contribution is 5.37. The van der Waals surface area contributed by atoms with E-state index in [0.29, 0.717) is 11.7 Å². The van der Waals surface area contributed by atoms with Crippen LogP contribution >= 0.6 is 0 Å². The standard InChI is InChI=1S/C16H28N4O/c1-11-7-6-8-16(10-11,21-5)14-18-12(15(2,3)4)9-13(19-14)20-17/h9,11H,6-8,10,17H2,1-5H3,(H,18,19,20). The molecule has 1 aromatic rings. The Labute approximate surface area is 127 Å². The van der Waals surface area contributed by atoms with Crippen LogP contribution < -0.4 is 11.3 Å². The average Bonchev–Trinajstić information content (AvgIpc) is 2.45. The summed E-state index contributed by atoms with van der Waals surface area (Å²) in [5.41, 5.74) is 3.20. The van der Waals surface area contributed by atoms with Crippen molar-refractivity contribution in [1.29, 1.82) is 0 Å². The van der Waals surface area contributed by atoms with Gasteiger partial charge in [0.15, 0.2) is 5.82 Å². The van der Waals surface area contributed by atoms with Crippen LogP contribution in [0.25, 0.3) is 0 Å². The normalized spacial score (nSPS) is 26.7. The lowest BCUT2D eigenvalue weighted by molar-refractivity contribution is -0.0647. The fourth-order valence-corrected chi connectivity index (χ4v) is 3.09. The molecule has 2 atom stereocenters. The summed E-state index contributed by atoms with van der Waals surface area (Å²) in [5, 5.41) is 0. The molecule has 0 spiro atoms. The van der Waals surface area contributed by atoms with Crippen LogP contribution in [0.1, 0.15) is 64.9 Å². The van der Waals surface area contributed by atoms with E-state index in [9.17, 15) is 0 Å². The summed E-state index contributed by atoms with van der Waals surface area (Å²) in [6.45, 7) is 8.69. The first-order chi connectivity index (χ1) is 9.80. The lowest BCUT2D eigenvalue weighted by Crippen LogP contribution is -2.37. The number of nitrogens with zero attached hydrogens (tertiary/aromatic N) is 2. The number of hydrogen-bond acceptors (Lipinski definition) is 5. The molecule has 21 heavy (non-hydrogen) atoms. The third-order valence-electron chi connectivity index (χ3n) is 4.40. The molecule has 1 aliphatic rings. The van der Waals surface area contributed by atoms with E-state index in [2.05, 4.69) is 38.1 Å². The van der Waals surface area contributed by atoms with Crippen molar-refractivity contribution >= 4 is 5.82 Å². The van der Waals surface area contributed by atoms with Gasteiger partial charge < -0.3 is 10.2 Å². The van der Waals surface area contributed by atoms with Gasteiger partial charge in [0, 0.05) is 18.6 Å². The van der Waals surface area contributed by atoms with E-state index in [-0.39, 0.29) is 11.0 Å². The second kappa shape index (κ2) is 5.89. The molecular formula is C16H28N4O. The number of rotatable bonds is 3. The minimum Gasteiger partial charge on any atom is -0.370 e. The van der Waals surface area contributed by atoms with E-state index >= 15 is 0 Å². The van der Waals surface area contributed by atoms with E-state index in [0.717, 1.165) is 30.8 Å². The lowest BCUT2D eigenvalue weighted by Gasteiger charge is -2.38. The van der Waals surface area contributed by atoms with E-state index in [1.807, 2.05) is 6.07 Å². The zero-order valence-electron chi connectivity index (χ0n) is 13.9. The molecule has 1 aromatic heterocycles. The summed E-state index contributed by atoms with van der Waals surface area (Å²) in [5.74, 6) is 7.62. The highest BCUT2D eigenvalue weighted by atomic mass is 16.5. The lowest BCUT2D eigenvalue weighted by atomic mass is 9.78. The molecule has 0 aliphatic heterocycles. The number of hydrazine groups is 1. The van der Waals surface area contributed by atoms with Crippen molar-refractivity contribution in [3.63, 3.8) is 0 Å². The number of nitrogens with two attached hydrogens (primary N) is 1. The van der Waals surface area contributed by atoms with Crippen molar-refractivity contribution in [1.82, 2.24) is 9.97 Å². The van der Waals surface area contributed by atoms with Gasteiger partial charge in [-0.1, -0.05) is 34.1 Å². The van der Waals surface area contributed by atoms with Crippen LogP contribution in [0.3, 0.4) is 0 Å². The maximum absolute atomic E-state index is 5.91. The van der Waals surface area contributed by atoms with Gasteiger partial charge in [0.25, 0.3) is 0 Å². The number of anilines is 1. The van der Waals surface area contributed by atoms with Crippen LogP contribution in [-0.2, 0) is 15.8 Å². The fraction of sp³-hybridized carbons (Fsp3) is 0.750. The number of aromatic nitrogens is 2. The van der Waals surface area contributed by atoms with Crippen molar-refractivity contribution in [2.45, 2.75) is 64.4 Å². The minimum atomic E-state index is -0.384. The molecule has 2 unspecified atom stereocenters. The summed E-state index contributed by atoms with van der Waals surface area (Å²) >= 11 is 0. The Balaban J connectivity index is 2.50. The second-order valence-electron chi connectivity index (χ2n) is 7.26. The summed E-state index contributed by atoms with van der Waals surface area (Å²) in [6, 6.07) is 1.92. The second-order valence-corrected chi connectivity index (χ2v) is 7.26. The molecule has 5 nitrogen and oxygen atoms in total. The summed E-state index contributed by atoms with van der Waals surface area (Å²) in [4.78, 5) is 9.42. The van der Waals surface area contributed by atoms with Crippen molar-refractivity contribution in [3.05, 3.63) is 17.6 Å². The Morgan fingerprint density at radius 2 is 2.10 bits per heavy atom. The van der Waals surface area contributed by atoms with Gasteiger partial charge in [-0.15, -0.1) is 0 Å². The third-order valence-corrected chi connectivity index (χ3v) is 4.40. The van der Waals surface area contributed by atoms with Crippen molar-refractivity contribution in [2.75, 3.05) is 12.5 Å². The molecule has 1 aliphatic carbocycles. The van der Waals surface area contributed by atoms with Crippen LogP contribution in [0.2, 0.25) is 0 Å². The maximum Gasteiger partial charge on any atom is 0.162 e. The Morgan fingerprint density at radius 3 is 2.62 bits per heavy atom. The largest absolute Gasteiger partial charge is 0.370 e. The zero-order chi connectivity index (χ0) is 15.7. The molecule has 1 heterocycles.